The minimum absolute atomic E-state index is 0.137. The van der Waals surface area contributed by atoms with Crippen molar-refractivity contribution in [1.82, 2.24) is 10.2 Å². The Morgan fingerprint density at radius 2 is 2.15 bits per heavy atom. The van der Waals surface area contributed by atoms with Gasteiger partial charge in [-0.05, 0) is 43.9 Å². The lowest BCUT2D eigenvalue weighted by atomic mass is 10.1. The molecule has 2 aliphatic rings. The summed E-state index contributed by atoms with van der Waals surface area (Å²) in [5.74, 6) is 1.87. The van der Waals surface area contributed by atoms with E-state index in [0.717, 1.165) is 63.0 Å². The Balaban J connectivity index is 1.67. The van der Waals surface area contributed by atoms with Crippen LogP contribution in [0, 0.1) is 6.92 Å². The summed E-state index contributed by atoms with van der Waals surface area (Å²) < 4.78 is 17.1. The first-order chi connectivity index (χ1) is 12.7. The minimum atomic E-state index is 0.137. The van der Waals surface area contributed by atoms with Crippen LogP contribution in [-0.4, -0.2) is 63.0 Å². The zero-order valence-electron chi connectivity index (χ0n) is 16.2. The predicted molar refractivity (Wildman–Crippen MR) is 103 cm³/mol. The van der Waals surface area contributed by atoms with Gasteiger partial charge in [-0.15, -0.1) is 0 Å². The summed E-state index contributed by atoms with van der Waals surface area (Å²) in [4.78, 5) is 7.16. The van der Waals surface area contributed by atoms with Gasteiger partial charge in [0.1, 0.15) is 11.9 Å². The van der Waals surface area contributed by atoms with Crippen LogP contribution in [0.3, 0.4) is 0 Å². The molecule has 0 aromatic heterocycles. The Morgan fingerprint density at radius 1 is 1.31 bits per heavy atom. The summed E-state index contributed by atoms with van der Waals surface area (Å²) in [5.41, 5.74) is 2.32. The zero-order valence-corrected chi connectivity index (χ0v) is 16.2. The van der Waals surface area contributed by atoms with Crippen LogP contribution in [-0.2, 0) is 16.0 Å². The second kappa shape index (κ2) is 9.24. The third kappa shape index (κ3) is 4.68. The van der Waals surface area contributed by atoms with Gasteiger partial charge in [-0.2, -0.15) is 0 Å². The van der Waals surface area contributed by atoms with Crippen molar-refractivity contribution in [3.05, 3.63) is 29.3 Å². The SMILES string of the molecule is CCNC(=NCc1ccc(OC)c(C)c1)N1CCOC(C2CCCO2)C1. The van der Waals surface area contributed by atoms with E-state index in [0.29, 0.717) is 6.54 Å². The average molecular weight is 361 g/mol. The van der Waals surface area contributed by atoms with Crippen molar-refractivity contribution in [2.45, 2.75) is 45.4 Å². The fraction of sp³-hybridized carbons (Fsp3) is 0.650. The molecule has 2 atom stereocenters. The molecule has 0 saturated carbocycles. The summed E-state index contributed by atoms with van der Waals surface area (Å²) in [6, 6.07) is 6.23. The predicted octanol–water partition coefficient (Wildman–Crippen LogP) is 2.35. The van der Waals surface area contributed by atoms with Crippen molar-refractivity contribution in [2.24, 2.45) is 4.99 Å². The third-order valence-electron chi connectivity index (χ3n) is 4.98. The van der Waals surface area contributed by atoms with Gasteiger partial charge in [0.05, 0.1) is 26.4 Å². The maximum Gasteiger partial charge on any atom is 0.194 e. The number of methoxy groups -OCH3 is 1. The molecule has 6 heteroatoms. The number of aliphatic imine (C=N–C) groups is 1. The molecular formula is C20H31N3O3. The normalized spacial score (nSPS) is 24.0. The second-order valence-electron chi connectivity index (χ2n) is 6.88. The number of nitrogens with one attached hydrogen (secondary N) is 1. The number of hydrogen-bond donors (Lipinski definition) is 1. The topological polar surface area (TPSA) is 55.3 Å². The second-order valence-corrected chi connectivity index (χ2v) is 6.88. The van der Waals surface area contributed by atoms with Crippen LogP contribution >= 0.6 is 0 Å². The minimum Gasteiger partial charge on any atom is -0.496 e. The first kappa shape index (κ1) is 19.0. The number of rotatable bonds is 5. The number of guanidine groups is 1. The number of ether oxygens (including phenoxy) is 3. The molecule has 2 saturated heterocycles. The quantitative estimate of drug-likeness (QED) is 0.644. The van der Waals surface area contributed by atoms with Gasteiger partial charge in [-0.3, -0.25) is 0 Å². The van der Waals surface area contributed by atoms with Crippen LogP contribution in [0.1, 0.15) is 30.9 Å². The van der Waals surface area contributed by atoms with Crippen molar-refractivity contribution in [1.29, 1.82) is 0 Å². The molecule has 144 valence electrons. The van der Waals surface area contributed by atoms with Crippen LogP contribution in [0.2, 0.25) is 0 Å². The third-order valence-corrected chi connectivity index (χ3v) is 4.98. The van der Waals surface area contributed by atoms with Crippen molar-refractivity contribution >= 4 is 5.96 Å². The summed E-state index contributed by atoms with van der Waals surface area (Å²) >= 11 is 0. The Bertz CT molecular complexity index is 614. The highest BCUT2D eigenvalue weighted by atomic mass is 16.5. The number of benzene rings is 1. The van der Waals surface area contributed by atoms with Crippen molar-refractivity contribution in [2.75, 3.05) is 40.0 Å². The lowest BCUT2D eigenvalue weighted by molar-refractivity contribution is -0.0817. The van der Waals surface area contributed by atoms with Crippen molar-refractivity contribution in [3.63, 3.8) is 0 Å². The molecule has 2 unspecified atom stereocenters. The smallest absolute Gasteiger partial charge is 0.194 e. The largest absolute Gasteiger partial charge is 0.496 e. The number of hydrogen-bond acceptors (Lipinski definition) is 4. The molecule has 2 heterocycles. The monoisotopic (exact) mass is 361 g/mol. The van der Waals surface area contributed by atoms with E-state index in [9.17, 15) is 0 Å². The highest BCUT2D eigenvalue weighted by Gasteiger charge is 2.32. The Kier molecular flexibility index (Phi) is 6.74. The maximum absolute atomic E-state index is 5.96. The van der Waals surface area contributed by atoms with Crippen LogP contribution in [0.15, 0.2) is 23.2 Å². The van der Waals surface area contributed by atoms with E-state index in [4.69, 9.17) is 19.2 Å². The van der Waals surface area contributed by atoms with E-state index in [-0.39, 0.29) is 12.2 Å². The maximum atomic E-state index is 5.96. The lowest BCUT2D eigenvalue weighted by Crippen LogP contribution is -2.53. The molecule has 1 N–H and O–H groups in total. The van der Waals surface area contributed by atoms with Gasteiger partial charge in [0.25, 0.3) is 0 Å². The van der Waals surface area contributed by atoms with Gasteiger partial charge in [-0.1, -0.05) is 12.1 Å². The number of morpholine rings is 1. The molecule has 2 aliphatic heterocycles. The molecule has 0 spiro atoms. The van der Waals surface area contributed by atoms with Gasteiger partial charge in [0.15, 0.2) is 5.96 Å². The first-order valence-corrected chi connectivity index (χ1v) is 9.61. The molecule has 6 nitrogen and oxygen atoms in total. The summed E-state index contributed by atoms with van der Waals surface area (Å²) in [6.07, 6.45) is 2.59. The van der Waals surface area contributed by atoms with Gasteiger partial charge >= 0.3 is 0 Å². The molecular weight excluding hydrogens is 330 g/mol. The Labute approximate surface area is 156 Å². The van der Waals surface area contributed by atoms with Crippen LogP contribution in [0.5, 0.6) is 5.75 Å². The molecule has 0 bridgehead atoms. The molecule has 2 fully saturated rings. The highest BCUT2D eigenvalue weighted by Crippen LogP contribution is 2.22. The lowest BCUT2D eigenvalue weighted by Gasteiger charge is -2.37. The average Bonchev–Trinajstić information content (AvgIpc) is 3.20. The van der Waals surface area contributed by atoms with E-state index < -0.39 is 0 Å². The van der Waals surface area contributed by atoms with E-state index in [1.165, 1.54) is 5.56 Å². The van der Waals surface area contributed by atoms with Crippen LogP contribution < -0.4 is 10.1 Å². The fourth-order valence-electron chi connectivity index (χ4n) is 3.62. The van der Waals surface area contributed by atoms with Crippen molar-refractivity contribution < 1.29 is 14.2 Å². The van der Waals surface area contributed by atoms with Gasteiger partial charge < -0.3 is 24.4 Å². The summed E-state index contributed by atoms with van der Waals surface area (Å²) in [6.45, 7) is 8.93. The van der Waals surface area contributed by atoms with Crippen LogP contribution in [0.4, 0.5) is 0 Å². The Morgan fingerprint density at radius 3 is 2.85 bits per heavy atom. The molecule has 3 rings (SSSR count). The van der Waals surface area contributed by atoms with E-state index in [1.54, 1.807) is 7.11 Å². The molecule has 26 heavy (non-hydrogen) atoms. The molecule has 1 aromatic rings. The number of aryl methyl sites for hydroxylation is 1. The van der Waals surface area contributed by atoms with Gasteiger partial charge in [0.2, 0.25) is 0 Å². The van der Waals surface area contributed by atoms with Gasteiger partial charge in [-0.25, -0.2) is 4.99 Å². The van der Waals surface area contributed by atoms with Crippen LogP contribution in [0.25, 0.3) is 0 Å². The molecule has 0 radical (unpaired) electrons. The van der Waals surface area contributed by atoms with E-state index in [2.05, 4.69) is 36.2 Å². The molecule has 0 aliphatic carbocycles. The first-order valence-electron chi connectivity index (χ1n) is 9.61. The van der Waals surface area contributed by atoms with E-state index in [1.807, 2.05) is 6.07 Å². The van der Waals surface area contributed by atoms with Gasteiger partial charge in [0, 0.05) is 26.2 Å². The fourth-order valence-corrected chi connectivity index (χ4v) is 3.62. The zero-order chi connectivity index (χ0) is 18.4. The molecule has 1 aromatic carbocycles. The van der Waals surface area contributed by atoms with Crippen molar-refractivity contribution in [3.8, 4) is 5.75 Å². The highest BCUT2D eigenvalue weighted by molar-refractivity contribution is 5.80. The summed E-state index contributed by atoms with van der Waals surface area (Å²) in [7, 11) is 1.70. The summed E-state index contributed by atoms with van der Waals surface area (Å²) in [5, 5.41) is 3.43. The van der Waals surface area contributed by atoms with E-state index >= 15 is 0 Å². The molecule has 0 amide bonds. The Hall–Kier alpha value is -1.79. The standard InChI is InChI=1S/C20H31N3O3/c1-4-21-20(22-13-16-7-8-17(24-3)15(2)12-16)23-9-11-26-19(14-23)18-6-5-10-25-18/h7-8,12,18-19H,4-6,9-11,13-14H2,1-3H3,(H,21,22). The number of nitrogens with zero attached hydrogens (tertiary/aromatic N) is 2.